The van der Waals surface area contributed by atoms with Crippen molar-refractivity contribution in [1.29, 1.82) is 0 Å². The van der Waals surface area contributed by atoms with Crippen molar-refractivity contribution in [2.75, 3.05) is 6.61 Å². The molecule has 3 rings (SSSR count). The van der Waals surface area contributed by atoms with E-state index in [0.717, 1.165) is 21.2 Å². The molecule has 2 aliphatic rings. The Morgan fingerprint density at radius 3 is 2.39 bits per heavy atom. The van der Waals surface area contributed by atoms with E-state index in [4.69, 9.17) is 4.74 Å². The molecular weight excluding hydrogens is 426 g/mol. The number of aliphatic carboxylic acids is 1. The molecule has 3 unspecified atom stereocenters. The fraction of sp³-hybridized carbons (Fsp3) is 0.350. The maximum atomic E-state index is 12.7. The summed E-state index contributed by atoms with van der Waals surface area (Å²) in [6.07, 6.45) is 0.0779. The van der Waals surface area contributed by atoms with Crippen molar-refractivity contribution in [3.63, 3.8) is 0 Å². The lowest BCUT2D eigenvalue weighted by molar-refractivity contribution is -0.160. The third kappa shape index (κ3) is 4.71. The molecule has 31 heavy (non-hydrogen) atoms. The summed E-state index contributed by atoms with van der Waals surface area (Å²) in [5.41, 5.74) is 0.197. The van der Waals surface area contributed by atoms with Gasteiger partial charge in [0.05, 0.1) is 0 Å². The van der Waals surface area contributed by atoms with Gasteiger partial charge in [0.2, 0.25) is 17.7 Å². The number of carbonyl (C=O) groups is 5. The van der Waals surface area contributed by atoms with Crippen molar-refractivity contribution in [1.82, 2.24) is 14.5 Å². The first-order chi connectivity index (χ1) is 14.7. The van der Waals surface area contributed by atoms with Gasteiger partial charge in [-0.2, -0.15) is 0 Å². The van der Waals surface area contributed by atoms with E-state index in [9.17, 15) is 29.1 Å². The smallest absolute Gasteiger partial charge is 0.330 e. The average Bonchev–Trinajstić information content (AvgIpc) is 3.05. The molecule has 1 aromatic carbocycles. The number of β-lactam (4-membered cyclic amide) rings is 1. The lowest BCUT2D eigenvalue weighted by atomic mass is 9.99. The van der Waals surface area contributed by atoms with Crippen molar-refractivity contribution in [2.45, 2.75) is 37.2 Å². The van der Waals surface area contributed by atoms with Crippen LogP contribution in [0, 0.1) is 0 Å². The number of nitrogens with zero attached hydrogens (tertiary/aromatic N) is 2. The van der Waals surface area contributed by atoms with Gasteiger partial charge in [-0.3, -0.25) is 19.2 Å². The largest absolute Gasteiger partial charge is 0.484 e. The molecule has 0 radical (unpaired) electrons. The normalized spacial score (nSPS) is 21.5. The van der Waals surface area contributed by atoms with Crippen LogP contribution in [0.15, 0.2) is 42.5 Å². The Balaban J connectivity index is 1.74. The summed E-state index contributed by atoms with van der Waals surface area (Å²) in [6, 6.07) is 6.11. The van der Waals surface area contributed by atoms with Gasteiger partial charge in [0.25, 0.3) is 5.91 Å². The maximum absolute atomic E-state index is 12.7. The quantitative estimate of drug-likeness (QED) is 0.243. The summed E-state index contributed by atoms with van der Waals surface area (Å²) in [4.78, 5) is 61.8. The van der Waals surface area contributed by atoms with Crippen LogP contribution >= 0.6 is 11.9 Å². The maximum Gasteiger partial charge on any atom is 0.330 e. The number of carbonyl (C=O) groups excluding carboxylic acids is 4. The minimum Gasteiger partial charge on any atom is -0.484 e. The Morgan fingerprint density at radius 1 is 1.23 bits per heavy atom. The van der Waals surface area contributed by atoms with Crippen LogP contribution in [0.2, 0.25) is 0 Å². The third-order valence-corrected chi connectivity index (χ3v) is 6.04. The molecule has 0 spiro atoms. The Bertz CT molecular complexity index is 906. The average molecular weight is 447 g/mol. The number of rotatable bonds is 9. The summed E-state index contributed by atoms with van der Waals surface area (Å²) in [5.74, 6) is -2.97. The minimum absolute atomic E-state index is 0.0390. The van der Waals surface area contributed by atoms with Gasteiger partial charge in [-0.1, -0.05) is 24.8 Å². The molecule has 2 fully saturated rings. The van der Waals surface area contributed by atoms with E-state index in [-0.39, 0.29) is 25.0 Å². The lowest BCUT2D eigenvalue weighted by Gasteiger charge is -2.49. The van der Waals surface area contributed by atoms with Crippen molar-refractivity contribution < 1.29 is 33.8 Å². The van der Waals surface area contributed by atoms with Gasteiger partial charge in [0.1, 0.15) is 17.2 Å². The van der Waals surface area contributed by atoms with Gasteiger partial charge in [-0.05, 0) is 36.6 Å². The molecule has 10 nitrogen and oxygen atoms in total. The SMILES string of the molecule is C=C(C)C(C(=O)O)N1C(=O)C(NC(=O)COc2ccccc2)C1SN1C(=O)CCC1=O. The Morgan fingerprint density at radius 2 is 1.84 bits per heavy atom. The topological polar surface area (TPSA) is 133 Å². The Kier molecular flexibility index (Phi) is 6.64. The molecular formula is C20H21N3O7S. The molecule has 2 heterocycles. The second kappa shape index (κ2) is 9.21. The predicted octanol–water partition coefficient (Wildman–Crippen LogP) is 0.545. The van der Waals surface area contributed by atoms with Crippen LogP contribution in [-0.4, -0.2) is 68.0 Å². The van der Waals surface area contributed by atoms with E-state index >= 15 is 0 Å². The van der Waals surface area contributed by atoms with Crippen molar-refractivity contribution in [2.24, 2.45) is 0 Å². The molecule has 4 amide bonds. The number of benzene rings is 1. The van der Waals surface area contributed by atoms with E-state index < -0.39 is 47.1 Å². The van der Waals surface area contributed by atoms with E-state index in [1.54, 1.807) is 30.3 Å². The highest BCUT2D eigenvalue weighted by molar-refractivity contribution is 7.98. The first-order valence-corrected chi connectivity index (χ1v) is 10.2. The molecule has 1 aromatic rings. The minimum atomic E-state index is -1.36. The van der Waals surface area contributed by atoms with Crippen molar-refractivity contribution >= 4 is 41.5 Å². The fourth-order valence-corrected chi connectivity index (χ4v) is 4.50. The number of carboxylic acid groups (broad SMARTS) is 1. The second-order valence-electron chi connectivity index (χ2n) is 7.06. The lowest BCUT2D eigenvalue weighted by Crippen LogP contribution is -2.73. The second-order valence-corrected chi connectivity index (χ2v) is 8.12. The predicted molar refractivity (Wildman–Crippen MR) is 109 cm³/mol. The van der Waals surface area contributed by atoms with Crippen LogP contribution in [0.4, 0.5) is 0 Å². The van der Waals surface area contributed by atoms with Crippen LogP contribution in [0.3, 0.4) is 0 Å². The molecule has 0 bridgehead atoms. The van der Waals surface area contributed by atoms with Crippen LogP contribution in [0.1, 0.15) is 19.8 Å². The van der Waals surface area contributed by atoms with Crippen LogP contribution in [-0.2, 0) is 24.0 Å². The summed E-state index contributed by atoms with van der Waals surface area (Å²) >= 11 is 0.729. The van der Waals surface area contributed by atoms with E-state index in [2.05, 4.69) is 11.9 Å². The molecule has 2 saturated heterocycles. The highest BCUT2D eigenvalue weighted by atomic mass is 32.2. The van der Waals surface area contributed by atoms with Gasteiger partial charge in [-0.15, -0.1) is 0 Å². The number of hydrogen-bond acceptors (Lipinski definition) is 7. The number of carboxylic acids is 1. The zero-order valence-corrected chi connectivity index (χ0v) is 17.5. The van der Waals surface area contributed by atoms with Crippen LogP contribution in [0.5, 0.6) is 5.75 Å². The van der Waals surface area contributed by atoms with Gasteiger partial charge in [-0.25, -0.2) is 9.10 Å². The number of nitrogens with one attached hydrogen (secondary N) is 1. The number of likely N-dealkylation sites (tertiary alicyclic amines) is 1. The molecule has 164 valence electrons. The van der Waals surface area contributed by atoms with Gasteiger partial charge < -0.3 is 20.1 Å². The zero-order valence-electron chi connectivity index (χ0n) is 16.6. The number of amides is 4. The number of imide groups is 1. The van der Waals surface area contributed by atoms with E-state index in [0.29, 0.717) is 5.75 Å². The molecule has 3 atom stereocenters. The zero-order chi connectivity index (χ0) is 22.7. The van der Waals surface area contributed by atoms with Gasteiger partial charge >= 0.3 is 5.97 Å². The molecule has 2 N–H and O–H groups in total. The van der Waals surface area contributed by atoms with E-state index in [1.165, 1.54) is 6.92 Å². The molecule has 11 heteroatoms. The van der Waals surface area contributed by atoms with Crippen LogP contribution in [0.25, 0.3) is 0 Å². The molecule has 0 aliphatic carbocycles. The summed E-state index contributed by atoms with van der Waals surface area (Å²) < 4.78 is 6.27. The summed E-state index contributed by atoms with van der Waals surface area (Å²) in [5, 5.41) is 11.1. The van der Waals surface area contributed by atoms with Crippen LogP contribution < -0.4 is 10.1 Å². The molecule has 2 aliphatic heterocycles. The van der Waals surface area contributed by atoms with E-state index in [1.807, 2.05) is 0 Å². The van der Waals surface area contributed by atoms with Gasteiger partial charge in [0.15, 0.2) is 12.6 Å². The monoisotopic (exact) mass is 447 g/mol. The first kappa shape index (κ1) is 22.3. The number of para-hydroxylation sites is 1. The molecule has 0 aromatic heterocycles. The summed E-state index contributed by atoms with van der Waals surface area (Å²) in [6.45, 7) is 4.71. The third-order valence-electron chi connectivity index (χ3n) is 4.71. The standard InChI is InChI=1S/C20H21N3O7S/c1-11(2)17(20(28)29)22-18(27)16(19(22)31-23-14(25)8-9-15(23)26)21-13(24)10-30-12-6-4-3-5-7-12/h3-7,16-17,19H,1,8-10H2,2H3,(H,21,24)(H,28,29). The number of ether oxygens (including phenoxy) is 1. The number of hydrogen-bond donors (Lipinski definition) is 2. The van der Waals surface area contributed by atoms with Gasteiger partial charge in [0, 0.05) is 12.8 Å². The van der Waals surface area contributed by atoms with Crippen molar-refractivity contribution in [3.8, 4) is 5.75 Å². The molecule has 0 saturated carbocycles. The highest BCUT2D eigenvalue weighted by Gasteiger charge is 2.55. The highest BCUT2D eigenvalue weighted by Crippen LogP contribution is 2.38. The fourth-order valence-electron chi connectivity index (χ4n) is 3.23. The Hall–Kier alpha value is -3.34. The van der Waals surface area contributed by atoms with Crippen molar-refractivity contribution in [3.05, 3.63) is 42.5 Å². The first-order valence-electron chi connectivity index (χ1n) is 9.41. The Labute approximate surface area is 182 Å². The summed E-state index contributed by atoms with van der Waals surface area (Å²) in [7, 11) is 0.